The van der Waals surface area contributed by atoms with E-state index in [2.05, 4.69) is 31.3 Å². The zero-order valence-corrected chi connectivity index (χ0v) is 13.8. The van der Waals surface area contributed by atoms with E-state index >= 15 is 0 Å². The number of hydrogen-bond acceptors (Lipinski definition) is 2. The number of amides is 2. The number of aryl methyl sites for hydroxylation is 1. The number of carbonyl (C=O) groups is 2. The molecule has 22 heavy (non-hydrogen) atoms. The first-order valence-corrected chi connectivity index (χ1v) is 8.19. The van der Waals surface area contributed by atoms with Gasteiger partial charge in [0.05, 0.1) is 6.04 Å². The fourth-order valence-corrected chi connectivity index (χ4v) is 2.74. The van der Waals surface area contributed by atoms with Gasteiger partial charge in [-0.05, 0) is 43.2 Å². The highest BCUT2D eigenvalue weighted by Gasteiger charge is 2.26. The van der Waals surface area contributed by atoms with Gasteiger partial charge < -0.3 is 10.2 Å². The SMILES string of the molecule is CCc1ccc(C(C)NC(=O)C(=O)N2CCC(C)CC2)cc1. The number of nitrogens with one attached hydrogen (secondary N) is 1. The molecule has 0 radical (unpaired) electrons. The Labute approximate surface area is 132 Å². The van der Waals surface area contributed by atoms with Crippen LogP contribution in [0.3, 0.4) is 0 Å². The van der Waals surface area contributed by atoms with E-state index in [-0.39, 0.29) is 6.04 Å². The van der Waals surface area contributed by atoms with Gasteiger partial charge in [-0.1, -0.05) is 38.1 Å². The molecule has 1 aromatic carbocycles. The lowest BCUT2D eigenvalue weighted by Gasteiger charge is -2.30. The van der Waals surface area contributed by atoms with Crippen molar-refractivity contribution in [3.8, 4) is 0 Å². The fourth-order valence-electron chi connectivity index (χ4n) is 2.74. The van der Waals surface area contributed by atoms with E-state index in [1.54, 1.807) is 4.90 Å². The van der Waals surface area contributed by atoms with Gasteiger partial charge in [-0.15, -0.1) is 0 Å². The quantitative estimate of drug-likeness (QED) is 0.873. The topological polar surface area (TPSA) is 49.4 Å². The van der Waals surface area contributed by atoms with Gasteiger partial charge in [0, 0.05) is 13.1 Å². The second kappa shape index (κ2) is 7.43. The van der Waals surface area contributed by atoms with Crippen LogP contribution in [-0.2, 0) is 16.0 Å². The summed E-state index contributed by atoms with van der Waals surface area (Å²) in [5.41, 5.74) is 2.28. The second-order valence-electron chi connectivity index (χ2n) is 6.27. The van der Waals surface area contributed by atoms with Gasteiger partial charge in [0.2, 0.25) is 0 Å². The molecule has 1 aromatic rings. The standard InChI is InChI=1S/C18H26N2O2/c1-4-15-5-7-16(8-6-15)14(3)19-17(21)18(22)20-11-9-13(2)10-12-20/h5-8,13-14H,4,9-12H2,1-3H3,(H,19,21). The Morgan fingerprint density at radius 2 is 1.82 bits per heavy atom. The lowest BCUT2D eigenvalue weighted by Crippen LogP contribution is -2.46. The van der Waals surface area contributed by atoms with E-state index in [1.807, 2.05) is 19.1 Å². The molecular formula is C18H26N2O2. The minimum absolute atomic E-state index is 0.161. The highest BCUT2D eigenvalue weighted by molar-refractivity contribution is 6.35. The summed E-state index contributed by atoms with van der Waals surface area (Å²) in [7, 11) is 0. The van der Waals surface area contributed by atoms with Crippen molar-refractivity contribution in [2.45, 2.75) is 46.1 Å². The molecule has 0 spiro atoms. The number of benzene rings is 1. The van der Waals surface area contributed by atoms with Gasteiger partial charge >= 0.3 is 11.8 Å². The van der Waals surface area contributed by atoms with Crippen molar-refractivity contribution in [2.24, 2.45) is 5.92 Å². The first-order valence-electron chi connectivity index (χ1n) is 8.19. The van der Waals surface area contributed by atoms with E-state index in [4.69, 9.17) is 0 Å². The van der Waals surface area contributed by atoms with Crippen molar-refractivity contribution in [1.82, 2.24) is 10.2 Å². The third kappa shape index (κ3) is 4.09. The van der Waals surface area contributed by atoms with E-state index < -0.39 is 11.8 Å². The van der Waals surface area contributed by atoms with Crippen LogP contribution in [0.25, 0.3) is 0 Å². The van der Waals surface area contributed by atoms with Crippen LogP contribution in [0.2, 0.25) is 0 Å². The zero-order chi connectivity index (χ0) is 16.1. The van der Waals surface area contributed by atoms with Gasteiger partial charge in [0.1, 0.15) is 0 Å². The van der Waals surface area contributed by atoms with Gasteiger partial charge in [0.15, 0.2) is 0 Å². The van der Waals surface area contributed by atoms with Crippen LogP contribution in [0, 0.1) is 5.92 Å². The van der Waals surface area contributed by atoms with Crippen LogP contribution >= 0.6 is 0 Å². The number of piperidine rings is 1. The number of carbonyl (C=O) groups excluding carboxylic acids is 2. The maximum Gasteiger partial charge on any atom is 0.311 e. The summed E-state index contributed by atoms with van der Waals surface area (Å²) in [5.74, 6) is -0.256. The molecule has 4 heteroatoms. The Balaban J connectivity index is 1.91. The maximum atomic E-state index is 12.2. The molecule has 0 saturated carbocycles. The molecule has 2 amide bonds. The Morgan fingerprint density at radius 1 is 1.23 bits per heavy atom. The summed E-state index contributed by atoms with van der Waals surface area (Å²) in [6.07, 6.45) is 2.95. The molecule has 0 bridgehead atoms. The number of rotatable bonds is 3. The predicted molar refractivity (Wildman–Crippen MR) is 87.4 cm³/mol. The van der Waals surface area contributed by atoms with E-state index in [9.17, 15) is 9.59 Å². The maximum absolute atomic E-state index is 12.2. The van der Waals surface area contributed by atoms with Gasteiger partial charge in [-0.3, -0.25) is 9.59 Å². The lowest BCUT2D eigenvalue weighted by atomic mass is 9.99. The molecule has 0 aromatic heterocycles. The Hall–Kier alpha value is -1.84. The molecular weight excluding hydrogens is 276 g/mol. The van der Waals surface area contributed by atoms with Crippen molar-refractivity contribution >= 4 is 11.8 Å². The van der Waals surface area contributed by atoms with E-state index in [0.717, 1.165) is 24.8 Å². The monoisotopic (exact) mass is 302 g/mol. The fraction of sp³-hybridized carbons (Fsp3) is 0.556. The minimum Gasteiger partial charge on any atom is -0.341 e. The lowest BCUT2D eigenvalue weighted by molar-refractivity contribution is -0.147. The van der Waals surface area contributed by atoms with Crippen molar-refractivity contribution in [1.29, 1.82) is 0 Å². The van der Waals surface area contributed by atoms with Crippen molar-refractivity contribution in [3.05, 3.63) is 35.4 Å². The summed E-state index contributed by atoms with van der Waals surface area (Å²) in [5, 5.41) is 2.81. The molecule has 4 nitrogen and oxygen atoms in total. The highest BCUT2D eigenvalue weighted by atomic mass is 16.2. The van der Waals surface area contributed by atoms with E-state index in [0.29, 0.717) is 19.0 Å². The number of nitrogens with zero attached hydrogens (tertiary/aromatic N) is 1. The van der Waals surface area contributed by atoms with Crippen molar-refractivity contribution in [3.63, 3.8) is 0 Å². The molecule has 2 rings (SSSR count). The van der Waals surface area contributed by atoms with Crippen LogP contribution in [0.1, 0.15) is 50.8 Å². The summed E-state index contributed by atoms with van der Waals surface area (Å²) < 4.78 is 0. The van der Waals surface area contributed by atoms with Crippen LogP contribution in [-0.4, -0.2) is 29.8 Å². The normalized spacial score (nSPS) is 17.1. The average Bonchev–Trinajstić information content (AvgIpc) is 2.54. The number of hydrogen-bond donors (Lipinski definition) is 1. The molecule has 1 unspecified atom stereocenters. The molecule has 1 heterocycles. The molecule has 1 aliphatic rings. The summed E-state index contributed by atoms with van der Waals surface area (Å²) in [4.78, 5) is 26.0. The van der Waals surface area contributed by atoms with Crippen molar-refractivity contribution in [2.75, 3.05) is 13.1 Å². The highest BCUT2D eigenvalue weighted by Crippen LogP contribution is 2.17. The first kappa shape index (κ1) is 16.5. The summed E-state index contributed by atoms with van der Waals surface area (Å²) in [6.45, 7) is 7.58. The summed E-state index contributed by atoms with van der Waals surface area (Å²) >= 11 is 0. The third-order valence-electron chi connectivity index (χ3n) is 4.50. The molecule has 1 atom stereocenters. The van der Waals surface area contributed by atoms with Crippen LogP contribution < -0.4 is 5.32 Å². The van der Waals surface area contributed by atoms with Crippen molar-refractivity contribution < 1.29 is 9.59 Å². The van der Waals surface area contributed by atoms with Gasteiger partial charge in [0.25, 0.3) is 0 Å². The minimum atomic E-state index is -0.498. The Kier molecular flexibility index (Phi) is 5.58. The largest absolute Gasteiger partial charge is 0.341 e. The first-order chi connectivity index (χ1) is 10.5. The Bertz CT molecular complexity index is 516. The summed E-state index contributed by atoms with van der Waals surface area (Å²) in [6, 6.07) is 7.98. The van der Waals surface area contributed by atoms with Crippen LogP contribution in [0.15, 0.2) is 24.3 Å². The van der Waals surface area contributed by atoms with Gasteiger partial charge in [-0.2, -0.15) is 0 Å². The molecule has 120 valence electrons. The molecule has 1 fully saturated rings. The number of likely N-dealkylation sites (tertiary alicyclic amines) is 1. The molecule has 1 N–H and O–H groups in total. The average molecular weight is 302 g/mol. The smallest absolute Gasteiger partial charge is 0.311 e. The van der Waals surface area contributed by atoms with Crippen LogP contribution in [0.4, 0.5) is 0 Å². The zero-order valence-electron chi connectivity index (χ0n) is 13.8. The molecule has 0 aliphatic carbocycles. The Morgan fingerprint density at radius 3 is 2.36 bits per heavy atom. The third-order valence-corrected chi connectivity index (χ3v) is 4.50. The molecule has 1 saturated heterocycles. The second-order valence-corrected chi connectivity index (χ2v) is 6.27. The van der Waals surface area contributed by atoms with Gasteiger partial charge in [-0.25, -0.2) is 0 Å². The molecule has 1 aliphatic heterocycles. The predicted octanol–water partition coefficient (Wildman–Crippen LogP) is 2.68. The van der Waals surface area contributed by atoms with Crippen LogP contribution in [0.5, 0.6) is 0 Å². The van der Waals surface area contributed by atoms with E-state index in [1.165, 1.54) is 5.56 Å².